The predicted octanol–water partition coefficient (Wildman–Crippen LogP) is 14.6. The van der Waals surface area contributed by atoms with Crippen LogP contribution in [0.1, 0.15) is 0 Å². The minimum atomic E-state index is 1.10. The van der Waals surface area contributed by atoms with Gasteiger partial charge in [-0.1, -0.05) is 182 Å². The molecule has 0 N–H and O–H groups in total. The summed E-state index contributed by atoms with van der Waals surface area (Å²) >= 11 is 0. The van der Waals surface area contributed by atoms with Crippen molar-refractivity contribution in [3.05, 3.63) is 224 Å². The van der Waals surface area contributed by atoms with Gasteiger partial charge >= 0.3 is 0 Å². The monoisotopic (exact) mass is 675 g/mol. The van der Waals surface area contributed by atoms with Crippen LogP contribution in [0.25, 0.3) is 66.4 Å². The molecule has 0 aliphatic heterocycles. The number of hydrogen-bond donors (Lipinski definition) is 0. The third kappa shape index (κ3) is 6.53. The molecule has 0 bridgehead atoms. The molecule has 0 heterocycles. The molecule has 0 amide bonds. The summed E-state index contributed by atoms with van der Waals surface area (Å²) in [5.74, 6) is 0. The molecule has 250 valence electrons. The first kappa shape index (κ1) is 32.0. The van der Waals surface area contributed by atoms with Crippen LogP contribution < -0.4 is 4.90 Å². The standard InChI is InChI=1S/C52H37N/c1-4-13-38(14-5-1)39-23-30-46(31-24-39)53(48-34-27-44(28-35-48)50-22-12-20-42-19-10-11-21-49(42)50)47-32-25-40(26-33-47)45-29-36-51(41-15-6-2-7-16-41)52(37-45)43-17-8-3-9-18-43/h1-37H. The van der Waals surface area contributed by atoms with E-state index in [4.69, 9.17) is 0 Å². The van der Waals surface area contributed by atoms with Crippen molar-refractivity contribution in [1.82, 2.24) is 0 Å². The topological polar surface area (TPSA) is 3.24 Å². The minimum Gasteiger partial charge on any atom is -0.311 e. The molecule has 9 rings (SSSR count). The molecule has 53 heavy (non-hydrogen) atoms. The molecule has 1 nitrogen and oxygen atoms in total. The molecule has 0 saturated carbocycles. The second kappa shape index (κ2) is 14.3. The summed E-state index contributed by atoms with van der Waals surface area (Å²) in [6, 6.07) is 80.7. The van der Waals surface area contributed by atoms with Crippen LogP contribution in [-0.4, -0.2) is 0 Å². The Bertz CT molecular complexity index is 2600. The zero-order valence-electron chi connectivity index (χ0n) is 29.3. The van der Waals surface area contributed by atoms with Crippen LogP contribution in [-0.2, 0) is 0 Å². The van der Waals surface area contributed by atoms with Gasteiger partial charge in [0.25, 0.3) is 0 Å². The normalized spacial score (nSPS) is 11.0. The Balaban J connectivity index is 1.10. The van der Waals surface area contributed by atoms with Gasteiger partial charge in [0, 0.05) is 17.1 Å². The Morgan fingerprint density at radius 1 is 0.226 bits per heavy atom. The van der Waals surface area contributed by atoms with Crippen molar-refractivity contribution in [1.29, 1.82) is 0 Å². The Kier molecular flexibility index (Phi) is 8.66. The Labute approximate surface area is 311 Å². The van der Waals surface area contributed by atoms with Crippen molar-refractivity contribution in [3.63, 3.8) is 0 Å². The highest BCUT2D eigenvalue weighted by Crippen LogP contribution is 2.40. The van der Waals surface area contributed by atoms with E-state index in [-0.39, 0.29) is 0 Å². The summed E-state index contributed by atoms with van der Waals surface area (Å²) in [5.41, 5.74) is 15.4. The number of benzene rings is 9. The number of fused-ring (bicyclic) bond motifs is 1. The van der Waals surface area contributed by atoms with Crippen LogP contribution in [0, 0.1) is 0 Å². The Morgan fingerprint density at radius 3 is 1.21 bits per heavy atom. The van der Waals surface area contributed by atoms with Gasteiger partial charge in [0.1, 0.15) is 0 Å². The maximum absolute atomic E-state index is 2.35. The van der Waals surface area contributed by atoms with Gasteiger partial charge in [0.05, 0.1) is 0 Å². The molecule has 0 atom stereocenters. The van der Waals surface area contributed by atoms with Crippen LogP contribution in [0.15, 0.2) is 224 Å². The van der Waals surface area contributed by atoms with Gasteiger partial charge in [-0.2, -0.15) is 0 Å². The zero-order valence-corrected chi connectivity index (χ0v) is 29.3. The van der Waals surface area contributed by atoms with E-state index in [1.165, 1.54) is 66.4 Å². The lowest BCUT2D eigenvalue weighted by Crippen LogP contribution is -2.09. The molecule has 9 aromatic carbocycles. The van der Waals surface area contributed by atoms with Gasteiger partial charge < -0.3 is 4.90 Å². The first-order valence-corrected chi connectivity index (χ1v) is 18.2. The van der Waals surface area contributed by atoms with E-state index < -0.39 is 0 Å². The largest absolute Gasteiger partial charge is 0.311 e. The van der Waals surface area contributed by atoms with Gasteiger partial charge in [0.2, 0.25) is 0 Å². The van der Waals surface area contributed by atoms with Gasteiger partial charge in [-0.05, 0) is 109 Å². The van der Waals surface area contributed by atoms with E-state index in [0.29, 0.717) is 0 Å². The third-order valence-corrected chi connectivity index (χ3v) is 10.1. The maximum Gasteiger partial charge on any atom is 0.0462 e. The summed E-state index contributed by atoms with van der Waals surface area (Å²) in [7, 11) is 0. The summed E-state index contributed by atoms with van der Waals surface area (Å²) in [4.78, 5) is 2.35. The third-order valence-electron chi connectivity index (χ3n) is 10.1. The van der Waals surface area contributed by atoms with Crippen molar-refractivity contribution in [3.8, 4) is 55.6 Å². The minimum absolute atomic E-state index is 1.10. The first-order valence-electron chi connectivity index (χ1n) is 18.2. The number of nitrogens with zero attached hydrogens (tertiary/aromatic N) is 1. The molecular formula is C52H37N. The average Bonchev–Trinajstić information content (AvgIpc) is 3.25. The van der Waals surface area contributed by atoms with Crippen LogP contribution in [0.5, 0.6) is 0 Å². The van der Waals surface area contributed by atoms with Crippen molar-refractivity contribution in [2.45, 2.75) is 0 Å². The molecule has 1 heteroatoms. The number of rotatable bonds is 8. The van der Waals surface area contributed by atoms with Crippen molar-refractivity contribution >= 4 is 27.8 Å². The highest BCUT2D eigenvalue weighted by Gasteiger charge is 2.15. The molecule has 0 unspecified atom stereocenters. The fourth-order valence-electron chi connectivity index (χ4n) is 7.40. The van der Waals surface area contributed by atoms with E-state index in [2.05, 4.69) is 229 Å². The average molecular weight is 676 g/mol. The lowest BCUT2D eigenvalue weighted by molar-refractivity contribution is 1.28. The lowest BCUT2D eigenvalue weighted by atomic mass is 9.91. The quantitative estimate of drug-likeness (QED) is 0.155. The summed E-state index contributed by atoms with van der Waals surface area (Å²) in [6.07, 6.45) is 0. The first-order chi connectivity index (χ1) is 26.3. The smallest absolute Gasteiger partial charge is 0.0462 e. The van der Waals surface area contributed by atoms with Crippen molar-refractivity contribution in [2.24, 2.45) is 0 Å². The highest BCUT2D eigenvalue weighted by atomic mass is 15.1. The zero-order chi connectivity index (χ0) is 35.4. The molecule has 0 saturated heterocycles. The predicted molar refractivity (Wildman–Crippen MR) is 226 cm³/mol. The molecule has 0 aliphatic rings. The fourth-order valence-corrected chi connectivity index (χ4v) is 7.40. The van der Waals surface area contributed by atoms with Crippen molar-refractivity contribution < 1.29 is 0 Å². The summed E-state index contributed by atoms with van der Waals surface area (Å²) < 4.78 is 0. The number of hydrogen-bond acceptors (Lipinski definition) is 1. The second-order valence-electron chi connectivity index (χ2n) is 13.4. The van der Waals surface area contributed by atoms with E-state index in [0.717, 1.165) is 17.1 Å². The molecule has 0 aliphatic carbocycles. The maximum atomic E-state index is 2.35. The van der Waals surface area contributed by atoms with E-state index in [1.54, 1.807) is 0 Å². The van der Waals surface area contributed by atoms with Crippen LogP contribution in [0.3, 0.4) is 0 Å². The van der Waals surface area contributed by atoms with E-state index in [9.17, 15) is 0 Å². The fraction of sp³-hybridized carbons (Fsp3) is 0. The van der Waals surface area contributed by atoms with Gasteiger partial charge in [-0.15, -0.1) is 0 Å². The van der Waals surface area contributed by atoms with Crippen LogP contribution in [0.4, 0.5) is 17.1 Å². The molecular weight excluding hydrogens is 639 g/mol. The van der Waals surface area contributed by atoms with E-state index in [1.807, 2.05) is 0 Å². The molecule has 0 aromatic heterocycles. The van der Waals surface area contributed by atoms with E-state index >= 15 is 0 Å². The second-order valence-corrected chi connectivity index (χ2v) is 13.4. The summed E-state index contributed by atoms with van der Waals surface area (Å²) in [5, 5.41) is 2.51. The SMILES string of the molecule is c1ccc(-c2ccc(N(c3ccc(-c4ccc(-c5ccccc5)c(-c5ccccc5)c4)cc3)c3ccc(-c4cccc5ccccc45)cc3)cc2)cc1. The molecule has 0 radical (unpaired) electrons. The summed E-state index contributed by atoms with van der Waals surface area (Å²) in [6.45, 7) is 0. The van der Waals surface area contributed by atoms with Gasteiger partial charge in [0.15, 0.2) is 0 Å². The van der Waals surface area contributed by atoms with Crippen molar-refractivity contribution in [2.75, 3.05) is 4.90 Å². The highest BCUT2D eigenvalue weighted by molar-refractivity contribution is 5.97. The molecule has 0 spiro atoms. The lowest BCUT2D eigenvalue weighted by Gasteiger charge is -2.26. The Morgan fingerprint density at radius 2 is 0.623 bits per heavy atom. The van der Waals surface area contributed by atoms with Crippen LogP contribution in [0.2, 0.25) is 0 Å². The molecule has 9 aromatic rings. The van der Waals surface area contributed by atoms with Crippen LogP contribution >= 0.6 is 0 Å². The van der Waals surface area contributed by atoms with Gasteiger partial charge in [-0.3, -0.25) is 0 Å². The number of anilines is 3. The molecule has 0 fully saturated rings. The Hall–Kier alpha value is -6.96. The van der Waals surface area contributed by atoms with Gasteiger partial charge in [-0.25, -0.2) is 0 Å².